The lowest BCUT2D eigenvalue weighted by molar-refractivity contribution is -0.138. The van der Waals surface area contributed by atoms with Crippen LogP contribution in [0.25, 0.3) is 27.8 Å². The van der Waals surface area contributed by atoms with Crippen LogP contribution in [0.5, 0.6) is 0 Å². The maximum Gasteiger partial charge on any atom is 0.416 e. The van der Waals surface area contributed by atoms with Gasteiger partial charge in [-0.15, -0.1) is 0 Å². The lowest BCUT2D eigenvalue weighted by atomic mass is 10.0. The van der Waals surface area contributed by atoms with Crippen LogP contribution in [0.1, 0.15) is 29.7 Å². The zero-order valence-electron chi connectivity index (χ0n) is 26.0. The van der Waals surface area contributed by atoms with Gasteiger partial charge in [-0.25, -0.2) is 9.67 Å². The highest BCUT2D eigenvalue weighted by molar-refractivity contribution is 5.82. The highest BCUT2D eigenvalue weighted by atomic mass is 19.4. The minimum atomic E-state index is -4.61. The zero-order chi connectivity index (χ0) is 33.3. The fourth-order valence-corrected chi connectivity index (χ4v) is 6.06. The van der Waals surface area contributed by atoms with E-state index in [-0.39, 0.29) is 29.3 Å². The van der Waals surface area contributed by atoms with Gasteiger partial charge in [-0.1, -0.05) is 18.2 Å². The summed E-state index contributed by atoms with van der Waals surface area (Å²) in [6.07, 6.45) is 3.92. The van der Waals surface area contributed by atoms with Gasteiger partial charge in [0, 0.05) is 46.5 Å². The molecule has 0 spiro atoms. The monoisotopic (exact) mass is 651 g/mol. The van der Waals surface area contributed by atoms with Gasteiger partial charge < -0.3 is 16.0 Å². The van der Waals surface area contributed by atoms with E-state index in [0.717, 1.165) is 43.4 Å². The molecule has 7 rings (SSSR count). The van der Waals surface area contributed by atoms with Gasteiger partial charge in [-0.05, 0) is 86.9 Å². The van der Waals surface area contributed by atoms with Crippen LogP contribution in [0, 0.1) is 6.92 Å². The number of nitrogens with one attached hydrogen (secondary N) is 3. The number of hydrogen-bond donors (Lipinski definition) is 3. The van der Waals surface area contributed by atoms with Crippen molar-refractivity contribution < 1.29 is 13.2 Å². The Bertz CT molecular complexity index is 2120. The van der Waals surface area contributed by atoms with Crippen molar-refractivity contribution in [2.24, 2.45) is 0 Å². The second-order valence-electron chi connectivity index (χ2n) is 11.7. The van der Waals surface area contributed by atoms with Gasteiger partial charge in [-0.2, -0.15) is 23.3 Å². The maximum absolute atomic E-state index is 14.3. The summed E-state index contributed by atoms with van der Waals surface area (Å²) in [5.41, 5.74) is 2.70. The standard InChI is InChI=1S/C35H32F3N9O/c1-22-30(20-42-47(22)28-6-4-14-40-19-28)29-17-24-18-41-34(44-26-10-8-25(9-11-26)43-27-12-15-39-16-13-27)45-32(24)46(33(29)48)21-23-5-2-3-7-31(23)35(36,37)38/h2-11,14,17-20,27,39,43H,12-13,15-16,21H2,1H3,(H,41,44,45). The molecular formula is C35H32F3N9O. The van der Waals surface area contributed by atoms with Crippen molar-refractivity contribution in [2.45, 2.75) is 38.5 Å². The lowest BCUT2D eigenvalue weighted by Gasteiger charge is -2.24. The molecule has 2 aromatic carbocycles. The Morgan fingerprint density at radius 3 is 2.46 bits per heavy atom. The van der Waals surface area contributed by atoms with Gasteiger partial charge in [0.1, 0.15) is 5.65 Å². The molecule has 48 heavy (non-hydrogen) atoms. The summed E-state index contributed by atoms with van der Waals surface area (Å²) in [4.78, 5) is 27.6. The minimum absolute atomic E-state index is 0.0571. The Morgan fingerprint density at radius 1 is 0.938 bits per heavy atom. The first-order chi connectivity index (χ1) is 23.2. The molecule has 244 valence electrons. The van der Waals surface area contributed by atoms with E-state index in [4.69, 9.17) is 0 Å². The fraction of sp³-hybridized carbons (Fsp3) is 0.229. The second kappa shape index (κ2) is 12.9. The summed E-state index contributed by atoms with van der Waals surface area (Å²) in [6.45, 7) is 3.43. The molecule has 0 unspecified atom stereocenters. The number of aromatic nitrogens is 6. The van der Waals surface area contributed by atoms with Crippen LogP contribution in [0.2, 0.25) is 0 Å². The summed E-state index contributed by atoms with van der Waals surface area (Å²) in [5, 5.41) is 15.0. The van der Waals surface area contributed by atoms with Crippen LogP contribution in [-0.4, -0.2) is 48.4 Å². The largest absolute Gasteiger partial charge is 0.416 e. The van der Waals surface area contributed by atoms with Crippen LogP contribution >= 0.6 is 0 Å². The van der Waals surface area contributed by atoms with E-state index in [0.29, 0.717) is 28.4 Å². The molecule has 6 aromatic rings. The summed E-state index contributed by atoms with van der Waals surface area (Å²) >= 11 is 0. The molecule has 1 aliphatic heterocycles. The average molecular weight is 652 g/mol. The van der Waals surface area contributed by atoms with Crippen molar-refractivity contribution in [2.75, 3.05) is 23.7 Å². The number of nitrogens with zero attached hydrogens (tertiary/aromatic N) is 6. The number of pyridine rings is 2. The van der Waals surface area contributed by atoms with Gasteiger partial charge in [-0.3, -0.25) is 14.3 Å². The maximum atomic E-state index is 14.3. The molecular weight excluding hydrogens is 619 g/mol. The zero-order valence-corrected chi connectivity index (χ0v) is 26.0. The Kier molecular flexibility index (Phi) is 8.36. The Balaban J connectivity index is 1.28. The van der Waals surface area contributed by atoms with Crippen molar-refractivity contribution in [3.8, 4) is 16.8 Å². The number of rotatable bonds is 8. The molecule has 1 fully saturated rings. The fourth-order valence-electron chi connectivity index (χ4n) is 6.06. The first kappa shape index (κ1) is 31.1. The van der Waals surface area contributed by atoms with Crippen LogP contribution in [0.15, 0.2) is 96.3 Å². The van der Waals surface area contributed by atoms with Gasteiger partial charge >= 0.3 is 6.18 Å². The third kappa shape index (κ3) is 6.36. The number of anilines is 3. The Hall–Kier alpha value is -5.56. The van der Waals surface area contributed by atoms with Crippen molar-refractivity contribution in [1.29, 1.82) is 0 Å². The third-order valence-corrected chi connectivity index (χ3v) is 8.52. The highest BCUT2D eigenvalue weighted by Crippen LogP contribution is 2.33. The molecule has 0 bridgehead atoms. The van der Waals surface area contributed by atoms with Crippen LogP contribution < -0.4 is 21.5 Å². The Morgan fingerprint density at radius 2 is 1.71 bits per heavy atom. The molecule has 0 amide bonds. The van der Waals surface area contributed by atoms with Gasteiger partial charge in [0.05, 0.1) is 35.8 Å². The van der Waals surface area contributed by atoms with Crippen LogP contribution in [0.4, 0.5) is 30.5 Å². The normalized spacial score (nSPS) is 13.9. The molecule has 13 heteroatoms. The van der Waals surface area contributed by atoms with Crippen molar-refractivity contribution >= 4 is 28.4 Å². The van der Waals surface area contributed by atoms with Gasteiger partial charge in [0.15, 0.2) is 0 Å². The van der Waals surface area contributed by atoms with E-state index in [1.807, 2.05) is 37.3 Å². The van der Waals surface area contributed by atoms with Gasteiger partial charge in [0.2, 0.25) is 5.95 Å². The number of halogens is 3. The molecule has 0 saturated carbocycles. The summed E-state index contributed by atoms with van der Waals surface area (Å²) in [7, 11) is 0. The molecule has 10 nitrogen and oxygen atoms in total. The molecule has 0 aliphatic carbocycles. The van der Waals surface area contributed by atoms with Crippen LogP contribution in [0.3, 0.4) is 0 Å². The lowest BCUT2D eigenvalue weighted by Crippen LogP contribution is -2.35. The molecule has 3 N–H and O–H groups in total. The molecule has 5 heterocycles. The topological polar surface area (TPSA) is 115 Å². The predicted molar refractivity (Wildman–Crippen MR) is 179 cm³/mol. The van der Waals surface area contributed by atoms with Crippen molar-refractivity contribution in [3.05, 3.63) is 119 Å². The molecule has 4 aromatic heterocycles. The molecule has 1 saturated heterocycles. The predicted octanol–water partition coefficient (Wildman–Crippen LogP) is 6.32. The minimum Gasteiger partial charge on any atom is -0.382 e. The number of piperidine rings is 1. The van der Waals surface area contributed by atoms with Crippen LogP contribution in [-0.2, 0) is 12.7 Å². The van der Waals surface area contributed by atoms with E-state index in [9.17, 15) is 18.0 Å². The average Bonchev–Trinajstić information content (AvgIpc) is 3.48. The highest BCUT2D eigenvalue weighted by Gasteiger charge is 2.33. The smallest absolute Gasteiger partial charge is 0.382 e. The number of benzene rings is 2. The van der Waals surface area contributed by atoms with E-state index >= 15 is 0 Å². The molecule has 0 atom stereocenters. The van der Waals surface area contributed by atoms with E-state index in [2.05, 4.69) is 36.0 Å². The molecule has 0 radical (unpaired) electrons. The number of alkyl halides is 3. The summed E-state index contributed by atoms with van der Waals surface area (Å²) in [6, 6.07) is 18.7. The summed E-state index contributed by atoms with van der Waals surface area (Å²) < 4.78 is 45.1. The van der Waals surface area contributed by atoms with E-state index < -0.39 is 17.3 Å². The first-order valence-corrected chi connectivity index (χ1v) is 15.6. The van der Waals surface area contributed by atoms with Crippen molar-refractivity contribution in [1.82, 2.24) is 34.6 Å². The van der Waals surface area contributed by atoms with Gasteiger partial charge in [0.25, 0.3) is 5.56 Å². The van der Waals surface area contributed by atoms with Crippen molar-refractivity contribution in [3.63, 3.8) is 0 Å². The Labute approximate surface area is 273 Å². The SMILES string of the molecule is Cc1c(-c2cc3cnc(Nc4ccc(NC5CCNCC5)cc4)nc3n(Cc3ccccc3C(F)(F)F)c2=O)cnn1-c1cccnc1. The van der Waals surface area contributed by atoms with E-state index in [1.165, 1.54) is 22.8 Å². The first-order valence-electron chi connectivity index (χ1n) is 15.6. The number of fused-ring (bicyclic) bond motifs is 1. The number of hydrogen-bond acceptors (Lipinski definition) is 8. The second-order valence-corrected chi connectivity index (χ2v) is 11.7. The quantitative estimate of drug-likeness (QED) is 0.175. The molecule has 1 aliphatic rings. The third-order valence-electron chi connectivity index (χ3n) is 8.52. The summed E-state index contributed by atoms with van der Waals surface area (Å²) in [5.74, 6) is 0.201. The van der Waals surface area contributed by atoms with E-state index in [1.54, 1.807) is 41.6 Å².